The van der Waals surface area contributed by atoms with E-state index in [1.165, 1.54) is 18.3 Å². The van der Waals surface area contributed by atoms with Crippen LogP contribution in [0.4, 0.5) is 17.6 Å². The van der Waals surface area contributed by atoms with Gasteiger partial charge in [-0.15, -0.1) is 0 Å². The Balaban J connectivity index is 1.97. The van der Waals surface area contributed by atoms with Gasteiger partial charge in [0.05, 0.1) is 11.1 Å². The first-order valence-electron chi connectivity index (χ1n) is 9.60. The molecule has 152 valence electrons. The summed E-state index contributed by atoms with van der Waals surface area (Å²) in [5.41, 5.74) is 3.05. The van der Waals surface area contributed by atoms with Crippen molar-refractivity contribution in [1.82, 2.24) is 9.47 Å². The maximum atomic E-state index is 14.0. The molecule has 1 aliphatic rings. The topological polar surface area (TPSA) is 8.17 Å². The fourth-order valence-corrected chi connectivity index (χ4v) is 4.03. The normalized spacial score (nSPS) is 16.1. The summed E-state index contributed by atoms with van der Waals surface area (Å²) in [5, 5.41) is 1.01. The predicted molar refractivity (Wildman–Crippen MR) is 108 cm³/mol. The number of benzene rings is 2. The van der Waals surface area contributed by atoms with Crippen LogP contribution in [-0.4, -0.2) is 35.8 Å². The van der Waals surface area contributed by atoms with E-state index in [0.29, 0.717) is 6.42 Å². The number of aromatic nitrogens is 1. The van der Waals surface area contributed by atoms with Crippen LogP contribution in [0.2, 0.25) is 0 Å². The minimum atomic E-state index is -4.56. The Labute approximate surface area is 167 Å². The lowest BCUT2D eigenvalue weighted by atomic mass is 10.1. The van der Waals surface area contributed by atoms with Gasteiger partial charge in [-0.1, -0.05) is 23.8 Å². The van der Waals surface area contributed by atoms with Crippen LogP contribution in [0.15, 0.2) is 42.5 Å². The molecule has 2 nitrogen and oxygen atoms in total. The number of rotatable bonds is 2. The lowest BCUT2D eigenvalue weighted by molar-refractivity contribution is -0.0684. The van der Waals surface area contributed by atoms with Crippen LogP contribution in [-0.2, 0) is 12.8 Å². The minimum absolute atomic E-state index is 0.0487. The zero-order chi connectivity index (χ0) is 20.8. The van der Waals surface area contributed by atoms with Crippen molar-refractivity contribution in [2.75, 3.05) is 20.1 Å². The standard InChI is InChI=1S/C23H22F4N2/c1-15-3-8-21-19(13-15)18-9-11-28(2)12-10-22(18)29(21)14-20(23(25,26)27)16-4-6-17(24)7-5-16/h3-8,13-14H,9-12H2,1-2H3/b20-14-. The molecule has 3 aromatic rings. The second kappa shape index (κ2) is 7.34. The van der Waals surface area contributed by atoms with E-state index in [0.717, 1.165) is 59.4 Å². The molecule has 0 atom stereocenters. The molecule has 2 heterocycles. The molecule has 29 heavy (non-hydrogen) atoms. The average Bonchev–Trinajstić information content (AvgIpc) is 2.79. The summed E-state index contributed by atoms with van der Waals surface area (Å²) in [5.74, 6) is -0.561. The van der Waals surface area contributed by atoms with E-state index >= 15 is 0 Å². The number of halogens is 4. The molecule has 0 saturated carbocycles. The molecule has 0 aliphatic carbocycles. The van der Waals surface area contributed by atoms with Gasteiger partial charge in [0.2, 0.25) is 0 Å². The highest BCUT2D eigenvalue weighted by molar-refractivity contribution is 5.91. The molecule has 4 rings (SSSR count). The van der Waals surface area contributed by atoms with Crippen molar-refractivity contribution in [1.29, 1.82) is 0 Å². The van der Waals surface area contributed by atoms with E-state index in [4.69, 9.17) is 0 Å². The van der Waals surface area contributed by atoms with Gasteiger partial charge in [-0.25, -0.2) is 4.39 Å². The monoisotopic (exact) mass is 402 g/mol. The van der Waals surface area contributed by atoms with Crippen LogP contribution < -0.4 is 0 Å². The van der Waals surface area contributed by atoms with Gasteiger partial charge in [-0.2, -0.15) is 13.2 Å². The number of hydrogen-bond donors (Lipinski definition) is 0. The number of hydrogen-bond acceptors (Lipinski definition) is 1. The second-order valence-electron chi connectivity index (χ2n) is 7.67. The number of alkyl halides is 3. The Kier molecular flexibility index (Phi) is 4.99. The third-order valence-electron chi connectivity index (χ3n) is 5.57. The molecular weight excluding hydrogens is 380 g/mol. The van der Waals surface area contributed by atoms with Crippen LogP contribution in [0.25, 0.3) is 22.7 Å². The van der Waals surface area contributed by atoms with Crippen LogP contribution in [0, 0.1) is 12.7 Å². The summed E-state index contributed by atoms with van der Waals surface area (Å²) >= 11 is 0. The van der Waals surface area contributed by atoms with Crippen molar-refractivity contribution in [3.8, 4) is 0 Å². The zero-order valence-corrected chi connectivity index (χ0v) is 16.4. The van der Waals surface area contributed by atoms with Gasteiger partial charge in [-0.05, 0) is 55.8 Å². The van der Waals surface area contributed by atoms with Crippen molar-refractivity contribution < 1.29 is 17.6 Å². The van der Waals surface area contributed by atoms with Gasteiger partial charge < -0.3 is 9.47 Å². The number of nitrogens with zero attached hydrogens (tertiary/aromatic N) is 2. The minimum Gasteiger partial charge on any atom is -0.319 e. The van der Waals surface area contributed by atoms with Gasteiger partial charge in [0.15, 0.2) is 0 Å². The molecule has 0 N–H and O–H groups in total. The average molecular weight is 402 g/mol. The Hall–Kier alpha value is -2.60. The molecule has 0 unspecified atom stereocenters. The summed E-state index contributed by atoms with van der Waals surface area (Å²) in [6, 6.07) is 10.3. The number of likely N-dealkylation sites (N-methyl/N-ethyl adjacent to an activating group) is 1. The molecule has 1 aromatic heterocycles. The first-order valence-corrected chi connectivity index (χ1v) is 9.60. The summed E-state index contributed by atoms with van der Waals surface area (Å²) in [6.07, 6.45) is -1.92. The summed E-state index contributed by atoms with van der Waals surface area (Å²) in [4.78, 5) is 2.19. The van der Waals surface area contributed by atoms with Crippen molar-refractivity contribution >= 4 is 22.7 Å². The molecule has 2 aromatic carbocycles. The van der Waals surface area contributed by atoms with E-state index in [1.54, 1.807) is 4.57 Å². The second-order valence-corrected chi connectivity index (χ2v) is 7.67. The molecule has 0 radical (unpaired) electrons. The lowest BCUT2D eigenvalue weighted by Gasteiger charge is -2.15. The Morgan fingerprint density at radius 3 is 2.38 bits per heavy atom. The van der Waals surface area contributed by atoms with Crippen LogP contribution in [0.1, 0.15) is 22.4 Å². The van der Waals surface area contributed by atoms with Gasteiger partial charge in [0.25, 0.3) is 0 Å². The molecule has 1 aliphatic heterocycles. The fraction of sp³-hybridized carbons (Fsp3) is 0.304. The van der Waals surface area contributed by atoms with E-state index < -0.39 is 17.6 Å². The van der Waals surface area contributed by atoms with Gasteiger partial charge in [-0.3, -0.25) is 0 Å². The third-order valence-corrected chi connectivity index (χ3v) is 5.57. The van der Waals surface area contributed by atoms with Gasteiger partial charge in [0, 0.05) is 36.8 Å². The Morgan fingerprint density at radius 1 is 1.00 bits per heavy atom. The molecule has 6 heteroatoms. The SMILES string of the molecule is Cc1ccc2c(c1)c1c(n2/C=C(/c2ccc(F)cc2)C(F)(F)F)CCN(C)CC1. The summed E-state index contributed by atoms with van der Waals surface area (Å²) in [7, 11) is 2.03. The van der Waals surface area contributed by atoms with Crippen molar-refractivity contribution in [3.63, 3.8) is 0 Å². The van der Waals surface area contributed by atoms with E-state index in [1.807, 2.05) is 26.1 Å². The largest absolute Gasteiger partial charge is 0.418 e. The van der Waals surface area contributed by atoms with Crippen molar-refractivity contribution in [2.45, 2.75) is 25.9 Å². The fourth-order valence-electron chi connectivity index (χ4n) is 4.03. The quantitative estimate of drug-likeness (QED) is 0.501. The van der Waals surface area contributed by atoms with Crippen LogP contribution >= 0.6 is 0 Å². The maximum absolute atomic E-state index is 14.0. The van der Waals surface area contributed by atoms with Crippen LogP contribution in [0.3, 0.4) is 0 Å². The van der Waals surface area contributed by atoms with E-state index in [-0.39, 0.29) is 5.56 Å². The molecular formula is C23H22F4N2. The first kappa shape index (κ1) is 19.7. The Morgan fingerprint density at radius 2 is 1.69 bits per heavy atom. The number of fused-ring (bicyclic) bond motifs is 3. The summed E-state index contributed by atoms with van der Waals surface area (Å²) < 4.78 is 56.8. The zero-order valence-electron chi connectivity index (χ0n) is 16.4. The van der Waals surface area contributed by atoms with Crippen molar-refractivity contribution in [3.05, 3.63) is 70.7 Å². The van der Waals surface area contributed by atoms with Crippen molar-refractivity contribution in [2.24, 2.45) is 0 Å². The first-order chi connectivity index (χ1) is 13.7. The smallest absolute Gasteiger partial charge is 0.319 e. The highest BCUT2D eigenvalue weighted by Gasteiger charge is 2.35. The predicted octanol–water partition coefficient (Wildman–Crippen LogP) is 5.68. The van der Waals surface area contributed by atoms with Crippen LogP contribution in [0.5, 0.6) is 0 Å². The highest BCUT2D eigenvalue weighted by Crippen LogP contribution is 2.37. The van der Waals surface area contributed by atoms with E-state index in [2.05, 4.69) is 11.0 Å². The van der Waals surface area contributed by atoms with Gasteiger partial charge >= 0.3 is 6.18 Å². The number of allylic oxidation sites excluding steroid dienone is 1. The molecule has 0 amide bonds. The number of aryl methyl sites for hydroxylation is 1. The molecule has 0 spiro atoms. The molecule has 0 saturated heterocycles. The van der Waals surface area contributed by atoms with Gasteiger partial charge in [0.1, 0.15) is 5.82 Å². The third kappa shape index (κ3) is 3.81. The maximum Gasteiger partial charge on any atom is 0.418 e. The Bertz CT molecular complexity index is 1070. The highest BCUT2D eigenvalue weighted by atomic mass is 19.4. The van der Waals surface area contributed by atoms with E-state index in [9.17, 15) is 17.6 Å². The summed E-state index contributed by atoms with van der Waals surface area (Å²) in [6.45, 7) is 3.64. The molecule has 0 fully saturated rings. The lowest BCUT2D eigenvalue weighted by Crippen LogP contribution is -2.21. The molecule has 0 bridgehead atoms.